The number of carboxylic acid groups (broad SMARTS) is 1. The first kappa shape index (κ1) is 11.9. The van der Waals surface area contributed by atoms with E-state index in [0.29, 0.717) is 0 Å². The van der Waals surface area contributed by atoms with Crippen LogP contribution in [-0.2, 0) is 9.59 Å². The first-order chi connectivity index (χ1) is 7.96. The van der Waals surface area contributed by atoms with Crippen LogP contribution >= 0.6 is 0 Å². The normalized spacial score (nSPS) is 32.9. The van der Waals surface area contributed by atoms with Crippen LogP contribution in [0, 0.1) is 11.3 Å². The Balaban J connectivity index is 2.22. The summed E-state index contributed by atoms with van der Waals surface area (Å²) >= 11 is 0. The fourth-order valence-electron chi connectivity index (χ4n) is 2.76. The van der Waals surface area contributed by atoms with E-state index in [0.717, 1.165) is 12.8 Å². The number of rotatable bonds is 4. The molecule has 1 heterocycles. The van der Waals surface area contributed by atoms with Gasteiger partial charge in [-0.2, -0.15) is 0 Å². The minimum atomic E-state index is -0.915. The molecule has 0 radical (unpaired) electrons. The quantitative estimate of drug-likeness (QED) is 0.665. The Labute approximate surface area is 98.8 Å². The Morgan fingerprint density at radius 1 is 1.47 bits per heavy atom. The molecule has 2 rings (SSSR count). The lowest BCUT2D eigenvalue weighted by molar-refractivity contribution is -0.140. The lowest BCUT2D eigenvalue weighted by Gasteiger charge is -2.41. The number of aliphatic carboxylic acids is 1. The van der Waals surface area contributed by atoms with Crippen molar-refractivity contribution in [3.8, 4) is 0 Å². The molecule has 3 N–H and O–H groups in total. The number of carbonyl (C=O) groups excluding carboxylic acids is 2. The van der Waals surface area contributed by atoms with E-state index in [1.165, 1.54) is 0 Å². The third-order valence-electron chi connectivity index (χ3n) is 3.83. The van der Waals surface area contributed by atoms with E-state index in [2.05, 4.69) is 10.6 Å². The third kappa shape index (κ3) is 1.99. The lowest BCUT2D eigenvalue weighted by atomic mass is 9.71. The van der Waals surface area contributed by atoms with E-state index in [9.17, 15) is 14.4 Å². The van der Waals surface area contributed by atoms with Crippen molar-refractivity contribution in [1.29, 1.82) is 0 Å². The molecule has 1 saturated carbocycles. The Morgan fingerprint density at radius 3 is 2.59 bits per heavy atom. The van der Waals surface area contributed by atoms with Crippen molar-refractivity contribution in [3.63, 3.8) is 0 Å². The second kappa shape index (κ2) is 4.01. The SMILES string of the molecule is CC1NC(=O)NC(=O)[C@]1(CCC(=O)O)C1CC1. The van der Waals surface area contributed by atoms with E-state index in [1.807, 2.05) is 0 Å². The molecule has 0 aromatic heterocycles. The minimum absolute atomic E-state index is 0.0515. The number of urea groups is 1. The van der Waals surface area contributed by atoms with Gasteiger partial charge < -0.3 is 10.4 Å². The second-order valence-electron chi connectivity index (χ2n) is 4.86. The summed E-state index contributed by atoms with van der Waals surface area (Å²) in [5, 5.41) is 13.7. The topological polar surface area (TPSA) is 95.5 Å². The van der Waals surface area contributed by atoms with E-state index >= 15 is 0 Å². The summed E-state index contributed by atoms with van der Waals surface area (Å²) in [5.41, 5.74) is -0.744. The van der Waals surface area contributed by atoms with Crippen LogP contribution in [0.2, 0.25) is 0 Å². The molecule has 0 aromatic rings. The standard InChI is InChI=1S/C11H16N2O4/c1-6-11(7-2-3-7,5-4-8(14)15)9(16)13-10(17)12-6/h6-7H,2-5H2,1H3,(H,14,15)(H2,12,13,16,17)/t6?,11-/m0/s1. The van der Waals surface area contributed by atoms with Crippen molar-refractivity contribution in [2.24, 2.45) is 11.3 Å². The molecule has 2 fully saturated rings. The van der Waals surface area contributed by atoms with Gasteiger partial charge in [-0.25, -0.2) is 4.79 Å². The van der Waals surface area contributed by atoms with Crippen molar-refractivity contribution in [3.05, 3.63) is 0 Å². The molecule has 1 saturated heterocycles. The lowest BCUT2D eigenvalue weighted by Crippen LogP contribution is -2.64. The molecular weight excluding hydrogens is 224 g/mol. The molecule has 2 aliphatic rings. The molecule has 94 valence electrons. The summed E-state index contributed by atoms with van der Waals surface area (Å²) in [4.78, 5) is 33.9. The first-order valence-electron chi connectivity index (χ1n) is 5.80. The molecule has 2 atom stereocenters. The molecule has 0 aromatic carbocycles. The van der Waals surface area contributed by atoms with Gasteiger partial charge >= 0.3 is 12.0 Å². The van der Waals surface area contributed by atoms with Gasteiger partial charge in [-0.1, -0.05) is 0 Å². The van der Waals surface area contributed by atoms with Gasteiger partial charge in [0.1, 0.15) is 0 Å². The monoisotopic (exact) mass is 240 g/mol. The molecule has 17 heavy (non-hydrogen) atoms. The molecular formula is C11H16N2O4. The van der Waals surface area contributed by atoms with E-state index < -0.39 is 17.4 Å². The van der Waals surface area contributed by atoms with Crippen LogP contribution < -0.4 is 10.6 Å². The fraction of sp³-hybridized carbons (Fsp3) is 0.727. The molecule has 1 unspecified atom stereocenters. The van der Waals surface area contributed by atoms with Crippen molar-refractivity contribution in [2.45, 2.75) is 38.6 Å². The zero-order valence-corrected chi connectivity index (χ0v) is 9.66. The van der Waals surface area contributed by atoms with Gasteiger partial charge in [0, 0.05) is 12.5 Å². The molecule has 0 spiro atoms. The van der Waals surface area contributed by atoms with Crippen molar-refractivity contribution < 1.29 is 19.5 Å². The van der Waals surface area contributed by atoms with Gasteiger partial charge in [-0.3, -0.25) is 14.9 Å². The van der Waals surface area contributed by atoms with Crippen LogP contribution in [0.5, 0.6) is 0 Å². The summed E-state index contributed by atoms with van der Waals surface area (Å²) in [5.74, 6) is -1.04. The van der Waals surface area contributed by atoms with Gasteiger partial charge in [-0.15, -0.1) is 0 Å². The van der Waals surface area contributed by atoms with Gasteiger partial charge in [0.2, 0.25) is 5.91 Å². The number of amides is 3. The maximum atomic E-state index is 12.1. The summed E-state index contributed by atoms with van der Waals surface area (Å²) in [6, 6.07) is -0.801. The van der Waals surface area contributed by atoms with Crippen LogP contribution in [-0.4, -0.2) is 29.1 Å². The Bertz CT molecular complexity index is 378. The van der Waals surface area contributed by atoms with Crippen LogP contribution in [0.4, 0.5) is 4.79 Å². The summed E-state index contributed by atoms with van der Waals surface area (Å²) in [6.07, 6.45) is 2.07. The van der Waals surface area contributed by atoms with Crippen molar-refractivity contribution in [1.82, 2.24) is 10.6 Å². The van der Waals surface area contributed by atoms with Crippen LogP contribution in [0.1, 0.15) is 32.6 Å². The highest BCUT2D eigenvalue weighted by atomic mass is 16.4. The number of hydrogen-bond acceptors (Lipinski definition) is 3. The van der Waals surface area contributed by atoms with E-state index in [-0.39, 0.29) is 30.7 Å². The number of carbonyl (C=O) groups is 3. The molecule has 1 aliphatic heterocycles. The number of nitrogens with one attached hydrogen (secondary N) is 2. The predicted octanol–water partition coefficient (Wildman–Crippen LogP) is 0.475. The molecule has 0 bridgehead atoms. The Hall–Kier alpha value is -1.59. The average molecular weight is 240 g/mol. The molecule has 6 nitrogen and oxygen atoms in total. The van der Waals surface area contributed by atoms with Gasteiger partial charge in [0.05, 0.1) is 5.41 Å². The predicted molar refractivity (Wildman–Crippen MR) is 58.2 cm³/mol. The summed E-state index contributed by atoms with van der Waals surface area (Å²) in [7, 11) is 0. The zero-order valence-electron chi connectivity index (χ0n) is 9.66. The fourth-order valence-corrected chi connectivity index (χ4v) is 2.76. The largest absolute Gasteiger partial charge is 0.481 e. The van der Waals surface area contributed by atoms with E-state index in [1.54, 1.807) is 6.92 Å². The average Bonchev–Trinajstić information content (AvgIpc) is 3.00. The zero-order chi connectivity index (χ0) is 12.6. The number of imide groups is 1. The third-order valence-corrected chi connectivity index (χ3v) is 3.83. The highest BCUT2D eigenvalue weighted by Gasteiger charge is 2.56. The van der Waals surface area contributed by atoms with Crippen LogP contribution in [0.25, 0.3) is 0 Å². The Kier molecular flexibility index (Phi) is 2.81. The number of carboxylic acids is 1. The summed E-state index contributed by atoms with van der Waals surface area (Å²) < 4.78 is 0. The number of hydrogen-bond donors (Lipinski definition) is 3. The first-order valence-corrected chi connectivity index (χ1v) is 5.80. The smallest absolute Gasteiger partial charge is 0.321 e. The molecule has 6 heteroatoms. The Morgan fingerprint density at radius 2 is 2.12 bits per heavy atom. The van der Waals surface area contributed by atoms with Gasteiger partial charge in [0.25, 0.3) is 0 Å². The maximum absolute atomic E-state index is 12.1. The highest BCUT2D eigenvalue weighted by molar-refractivity contribution is 6.01. The molecule has 3 amide bonds. The summed E-state index contributed by atoms with van der Waals surface area (Å²) in [6.45, 7) is 1.77. The second-order valence-corrected chi connectivity index (χ2v) is 4.86. The van der Waals surface area contributed by atoms with Crippen molar-refractivity contribution >= 4 is 17.9 Å². The highest BCUT2D eigenvalue weighted by Crippen LogP contribution is 2.51. The van der Waals surface area contributed by atoms with Crippen molar-refractivity contribution in [2.75, 3.05) is 0 Å². The maximum Gasteiger partial charge on any atom is 0.321 e. The van der Waals surface area contributed by atoms with Crippen LogP contribution in [0.15, 0.2) is 0 Å². The van der Waals surface area contributed by atoms with Crippen LogP contribution in [0.3, 0.4) is 0 Å². The van der Waals surface area contributed by atoms with Gasteiger partial charge in [-0.05, 0) is 32.1 Å². The molecule has 1 aliphatic carbocycles. The minimum Gasteiger partial charge on any atom is -0.481 e. The van der Waals surface area contributed by atoms with E-state index in [4.69, 9.17) is 5.11 Å². The van der Waals surface area contributed by atoms with Gasteiger partial charge in [0.15, 0.2) is 0 Å².